The van der Waals surface area contributed by atoms with Crippen molar-refractivity contribution >= 4 is 40.0 Å². The lowest BCUT2D eigenvalue weighted by Gasteiger charge is -2.13. The number of amides is 1. The Balaban J connectivity index is 1.49. The van der Waals surface area contributed by atoms with Crippen molar-refractivity contribution in [2.75, 3.05) is 11.9 Å². The first-order chi connectivity index (χ1) is 13.2. The van der Waals surface area contributed by atoms with Gasteiger partial charge in [-0.05, 0) is 54.0 Å². The van der Waals surface area contributed by atoms with Crippen LogP contribution in [-0.4, -0.2) is 27.5 Å². The summed E-state index contributed by atoms with van der Waals surface area (Å²) >= 11 is 5.36. The molecule has 1 aromatic carbocycles. The van der Waals surface area contributed by atoms with Gasteiger partial charge in [-0.2, -0.15) is 0 Å². The molecule has 0 aliphatic rings. The fourth-order valence-corrected chi connectivity index (χ4v) is 2.94. The molecule has 3 rings (SSSR count). The first-order valence-electron chi connectivity index (χ1n) is 8.61. The predicted molar refractivity (Wildman–Crippen MR) is 113 cm³/mol. The minimum absolute atomic E-state index is 0.221. The highest BCUT2D eigenvalue weighted by atomic mass is 32.1. The van der Waals surface area contributed by atoms with Gasteiger partial charge in [-0.25, -0.2) is 4.98 Å². The summed E-state index contributed by atoms with van der Waals surface area (Å²) < 4.78 is 0. The van der Waals surface area contributed by atoms with Crippen molar-refractivity contribution in [3.63, 3.8) is 0 Å². The van der Waals surface area contributed by atoms with E-state index >= 15 is 0 Å². The fourth-order valence-electron chi connectivity index (χ4n) is 2.76. The van der Waals surface area contributed by atoms with Crippen LogP contribution in [-0.2, 0) is 17.8 Å². The van der Waals surface area contributed by atoms with Crippen molar-refractivity contribution in [1.29, 1.82) is 0 Å². The van der Waals surface area contributed by atoms with E-state index in [0.717, 1.165) is 34.3 Å². The highest BCUT2D eigenvalue weighted by Crippen LogP contribution is 2.16. The van der Waals surface area contributed by atoms with E-state index < -0.39 is 0 Å². The molecular formula is C20H21N5OS. The highest BCUT2D eigenvalue weighted by Gasteiger charge is 2.06. The number of hydrogen-bond acceptors (Lipinski definition) is 3. The SMILES string of the molecule is C=CC(=O)Nc1ccccc1CCNC(=S)NCc1ccnc2[nH]ccc12. The maximum Gasteiger partial charge on any atom is 0.247 e. The lowest BCUT2D eigenvalue weighted by molar-refractivity contribution is -0.111. The molecular weight excluding hydrogens is 358 g/mol. The molecule has 0 radical (unpaired) electrons. The molecule has 0 spiro atoms. The number of rotatable bonds is 7. The molecule has 138 valence electrons. The van der Waals surface area contributed by atoms with Crippen LogP contribution in [0.4, 0.5) is 5.69 Å². The van der Waals surface area contributed by atoms with E-state index in [2.05, 4.69) is 32.5 Å². The van der Waals surface area contributed by atoms with Gasteiger partial charge < -0.3 is 20.9 Å². The van der Waals surface area contributed by atoms with Crippen molar-refractivity contribution < 1.29 is 4.79 Å². The van der Waals surface area contributed by atoms with Gasteiger partial charge in [-0.3, -0.25) is 4.79 Å². The fraction of sp³-hybridized carbons (Fsp3) is 0.150. The number of nitrogens with one attached hydrogen (secondary N) is 4. The van der Waals surface area contributed by atoms with Gasteiger partial charge in [0.25, 0.3) is 0 Å². The summed E-state index contributed by atoms with van der Waals surface area (Å²) in [4.78, 5) is 18.9. The number of nitrogens with zero attached hydrogens (tertiary/aromatic N) is 1. The molecule has 0 atom stereocenters. The van der Waals surface area contributed by atoms with Crippen LogP contribution in [0, 0.1) is 0 Å². The van der Waals surface area contributed by atoms with Gasteiger partial charge in [0.15, 0.2) is 5.11 Å². The number of H-pyrrole nitrogens is 1. The van der Waals surface area contributed by atoms with Crippen molar-refractivity contribution in [2.45, 2.75) is 13.0 Å². The number of carbonyl (C=O) groups is 1. The third-order valence-corrected chi connectivity index (χ3v) is 4.42. The summed E-state index contributed by atoms with van der Waals surface area (Å²) in [5, 5.41) is 10.9. The Morgan fingerprint density at radius 2 is 2.04 bits per heavy atom. The second-order valence-electron chi connectivity index (χ2n) is 5.92. The van der Waals surface area contributed by atoms with Crippen LogP contribution in [0.15, 0.2) is 61.4 Å². The standard InChI is InChI=1S/C20H21N5OS/c1-2-18(26)25-17-6-4-3-5-14(17)7-11-23-20(27)24-13-15-8-10-21-19-16(15)9-12-22-19/h2-6,8-10,12H,1,7,11,13H2,(H,21,22)(H,25,26)(H2,23,24,27). The zero-order valence-electron chi connectivity index (χ0n) is 14.8. The Morgan fingerprint density at radius 3 is 2.89 bits per heavy atom. The molecule has 1 amide bonds. The smallest absolute Gasteiger partial charge is 0.247 e. The molecule has 0 saturated carbocycles. The Morgan fingerprint density at radius 1 is 1.19 bits per heavy atom. The van der Waals surface area contributed by atoms with E-state index in [0.29, 0.717) is 18.2 Å². The van der Waals surface area contributed by atoms with Gasteiger partial charge in [-0.15, -0.1) is 0 Å². The number of benzene rings is 1. The van der Waals surface area contributed by atoms with E-state index in [1.165, 1.54) is 6.08 Å². The van der Waals surface area contributed by atoms with Crippen LogP contribution in [0.2, 0.25) is 0 Å². The van der Waals surface area contributed by atoms with Crippen molar-refractivity contribution in [3.05, 3.63) is 72.6 Å². The Bertz CT molecular complexity index is 966. The number of hydrogen-bond donors (Lipinski definition) is 4. The van der Waals surface area contributed by atoms with E-state index in [9.17, 15) is 4.79 Å². The van der Waals surface area contributed by atoms with Crippen molar-refractivity contribution in [2.24, 2.45) is 0 Å². The summed E-state index contributed by atoms with van der Waals surface area (Å²) in [6.45, 7) is 4.75. The van der Waals surface area contributed by atoms with Crippen LogP contribution < -0.4 is 16.0 Å². The monoisotopic (exact) mass is 379 g/mol. The van der Waals surface area contributed by atoms with Gasteiger partial charge in [0.1, 0.15) is 5.65 Å². The Hall–Kier alpha value is -3.19. The molecule has 0 aliphatic carbocycles. The van der Waals surface area contributed by atoms with Gasteiger partial charge in [0.2, 0.25) is 5.91 Å². The predicted octanol–water partition coefficient (Wildman–Crippen LogP) is 2.89. The minimum atomic E-state index is -0.221. The van der Waals surface area contributed by atoms with Crippen LogP contribution >= 0.6 is 12.2 Å². The van der Waals surface area contributed by atoms with Gasteiger partial charge >= 0.3 is 0 Å². The van der Waals surface area contributed by atoms with Gasteiger partial charge in [0.05, 0.1) is 0 Å². The lowest BCUT2D eigenvalue weighted by Crippen LogP contribution is -2.36. The first kappa shape index (κ1) is 18.6. The average Bonchev–Trinajstić information content (AvgIpc) is 3.17. The molecule has 7 heteroatoms. The summed E-state index contributed by atoms with van der Waals surface area (Å²) in [6.07, 6.45) is 5.64. The number of aromatic amines is 1. The highest BCUT2D eigenvalue weighted by molar-refractivity contribution is 7.80. The number of para-hydroxylation sites is 1. The number of fused-ring (bicyclic) bond motifs is 1. The van der Waals surface area contributed by atoms with E-state index in [1.54, 1.807) is 6.20 Å². The molecule has 6 nitrogen and oxygen atoms in total. The number of pyridine rings is 1. The third kappa shape index (κ3) is 4.92. The Labute approximate surface area is 163 Å². The molecule has 4 N–H and O–H groups in total. The van der Waals surface area contributed by atoms with Crippen LogP contribution in [0.25, 0.3) is 11.0 Å². The second kappa shape index (κ2) is 8.95. The van der Waals surface area contributed by atoms with E-state index in [4.69, 9.17) is 12.2 Å². The van der Waals surface area contributed by atoms with Crippen molar-refractivity contribution in [1.82, 2.24) is 20.6 Å². The molecule has 2 heterocycles. The number of anilines is 1. The molecule has 27 heavy (non-hydrogen) atoms. The molecule has 0 aliphatic heterocycles. The van der Waals surface area contributed by atoms with Crippen molar-refractivity contribution in [3.8, 4) is 0 Å². The maximum absolute atomic E-state index is 11.5. The summed E-state index contributed by atoms with van der Waals surface area (Å²) in [5.41, 5.74) is 3.81. The zero-order valence-corrected chi connectivity index (χ0v) is 15.6. The van der Waals surface area contributed by atoms with Gasteiger partial charge in [0, 0.05) is 36.6 Å². The number of carbonyl (C=O) groups excluding carboxylic acids is 1. The zero-order chi connectivity index (χ0) is 19.1. The molecule has 0 fully saturated rings. The normalized spacial score (nSPS) is 10.4. The van der Waals surface area contributed by atoms with E-state index in [-0.39, 0.29) is 5.91 Å². The molecule has 0 unspecified atom stereocenters. The van der Waals surface area contributed by atoms with Crippen LogP contribution in [0.3, 0.4) is 0 Å². The maximum atomic E-state index is 11.5. The van der Waals surface area contributed by atoms with E-state index in [1.807, 2.05) is 42.6 Å². The summed E-state index contributed by atoms with van der Waals surface area (Å²) in [7, 11) is 0. The number of aromatic nitrogens is 2. The first-order valence-corrected chi connectivity index (χ1v) is 9.02. The topological polar surface area (TPSA) is 81.8 Å². The molecule has 0 saturated heterocycles. The average molecular weight is 379 g/mol. The molecule has 0 bridgehead atoms. The Kier molecular flexibility index (Phi) is 6.17. The molecule has 2 aromatic heterocycles. The summed E-state index contributed by atoms with van der Waals surface area (Å²) in [6, 6.07) is 11.7. The van der Waals surface area contributed by atoms with Gasteiger partial charge in [-0.1, -0.05) is 24.8 Å². The third-order valence-electron chi connectivity index (χ3n) is 4.13. The minimum Gasteiger partial charge on any atom is -0.362 e. The largest absolute Gasteiger partial charge is 0.362 e. The number of thiocarbonyl (C=S) groups is 1. The second-order valence-corrected chi connectivity index (χ2v) is 6.33. The van der Waals surface area contributed by atoms with Crippen LogP contribution in [0.1, 0.15) is 11.1 Å². The quantitative estimate of drug-likeness (QED) is 0.375. The summed E-state index contributed by atoms with van der Waals surface area (Å²) in [5.74, 6) is -0.221. The van der Waals surface area contributed by atoms with Crippen LogP contribution in [0.5, 0.6) is 0 Å². The lowest BCUT2D eigenvalue weighted by atomic mass is 10.1. The molecule has 3 aromatic rings.